The molecule has 4 nitrogen and oxygen atoms in total. The number of hydrogen-bond donors (Lipinski definition) is 1. The lowest BCUT2D eigenvalue weighted by Crippen LogP contribution is -2.33. The molecule has 0 heterocycles. The minimum atomic E-state index is -0.272. The fourth-order valence-corrected chi connectivity index (χ4v) is 3.14. The third-order valence-corrected chi connectivity index (χ3v) is 4.60. The molecule has 1 fully saturated rings. The molecule has 1 saturated carbocycles. The van der Waals surface area contributed by atoms with Crippen LogP contribution in [0.1, 0.15) is 62.1 Å². The number of rotatable bonds is 5. The molecule has 1 N–H and O–H groups in total. The Balaban J connectivity index is 2.31. The zero-order valence-electron chi connectivity index (χ0n) is 15.0. The maximum atomic E-state index is 12.4. The van der Waals surface area contributed by atoms with Gasteiger partial charge in [0, 0.05) is 6.04 Å². The summed E-state index contributed by atoms with van der Waals surface area (Å²) in [5.41, 5.74) is 3.10. The maximum Gasteiger partial charge on any atom is 0.262 e. The summed E-state index contributed by atoms with van der Waals surface area (Å²) < 4.78 is 5.44. The highest BCUT2D eigenvalue weighted by Crippen LogP contribution is 2.30. The van der Waals surface area contributed by atoms with Crippen LogP contribution in [-0.4, -0.2) is 19.1 Å². The van der Waals surface area contributed by atoms with Gasteiger partial charge in [0.05, 0.1) is 7.11 Å². The molecule has 2 rings (SSSR count). The largest absolute Gasteiger partial charge is 0.496 e. The van der Waals surface area contributed by atoms with Crippen molar-refractivity contribution in [2.45, 2.75) is 58.4 Å². The summed E-state index contributed by atoms with van der Waals surface area (Å²) in [7, 11) is 1.66. The van der Waals surface area contributed by atoms with Gasteiger partial charge in [-0.05, 0) is 60.6 Å². The lowest BCUT2D eigenvalue weighted by molar-refractivity contribution is -0.117. The predicted molar refractivity (Wildman–Crippen MR) is 95.8 cm³/mol. The van der Waals surface area contributed by atoms with Crippen LogP contribution in [0.3, 0.4) is 0 Å². The Morgan fingerprint density at radius 1 is 1.38 bits per heavy atom. The number of hydrogen-bond acceptors (Lipinski definition) is 3. The van der Waals surface area contributed by atoms with Crippen LogP contribution >= 0.6 is 0 Å². The van der Waals surface area contributed by atoms with E-state index in [2.05, 4.69) is 19.2 Å². The summed E-state index contributed by atoms with van der Waals surface area (Å²) in [6.45, 7) is 6.15. The minimum Gasteiger partial charge on any atom is -0.496 e. The molecular weight excluding hydrogens is 300 g/mol. The Hall–Kier alpha value is -2.28. The Bertz CT molecular complexity index is 678. The first-order chi connectivity index (χ1) is 11.5. The van der Waals surface area contributed by atoms with Gasteiger partial charge in [0.1, 0.15) is 17.4 Å². The summed E-state index contributed by atoms with van der Waals surface area (Å²) in [5, 5.41) is 12.4. The number of aryl methyl sites for hydroxylation is 1. The molecule has 0 aromatic heterocycles. The molecule has 0 bridgehead atoms. The van der Waals surface area contributed by atoms with Gasteiger partial charge in [-0.1, -0.05) is 26.7 Å². The summed E-state index contributed by atoms with van der Waals surface area (Å²) >= 11 is 0. The molecule has 0 atom stereocenters. The number of carbonyl (C=O) groups excluding carboxylic acids is 1. The number of nitrogens with one attached hydrogen (secondary N) is 1. The van der Waals surface area contributed by atoms with E-state index in [0.29, 0.717) is 5.92 Å². The normalized spacial score (nSPS) is 15.4. The number of methoxy groups -OCH3 is 1. The van der Waals surface area contributed by atoms with E-state index in [9.17, 15) is 10.1 Å². The molecule has 1 amide bonds. The number of nitriles is 1. The second kappa shape index (κ2) is 8.01. The zero-order valence-corrected chi connectivity index (χ0v) is 15.0. The summed E-state index contributed by atoms with van der Waals surface area (Å²) in [6, 6.07) is 6.23. The Morgan fingerprint density at radius 3 is 2.58 bits per heavy atom. The van der Waals surface area contributed by atoms with Crippen molar-refractivity contribution in [1.82, 2.24) is 5.32 Å². The topological polar surface area (TPSA) is 62.1 Å². The van der Waals surface area contributed by atoms with E-state index in [4.69, 9.17) is 4.74 Å². The average molecular weight is 326 g/mol. The lowest BCUT2D eigenvalue weighted by Gasteiger charge is -2.15. The van der Waals surface area contributed by atoms with Crippen LogP contribution in [0.25, 0.3) is 6.08 Å². The van der Waals surface area contributed by atoms with E-state index in [1.165, 1.54) is 0 Å². The van der Waals surface area contributed by atoms with Crippen molar-refractivity contribution in [3.05, 3.63) is 34.4 Å². The number of amides is 1. The van der Waals surface area contributed by atoms with Gasteiger partial charge in [0.25, 0.3) is 5.91 Å². The first kappa shape index (κ1) is 18.1. The Kier molecular flexibility index (Phi) is 6.03. The van der Waals surface area contributed by atoms with Gasteiger partial charge in [-0.25, -0.2) is 0 Å². The van der Waals surface area contributed by atoms with Crippen molar-refractivity contribution in [1.29, 1.82) is 5.26 Å². The monoisotopic (exact) mass is 326 g/mol. The van der Waals surface area contributed by atoms with Crippen LogP contribution in [0.2, 0.25) is 0 Å². The van der Waals surface area contributed by atoms with Crippen LogP contribution in [0, 0.1) is 18.3 Å². The second-order valence-corrected chi connectivity index (χ2v) is 6.73. The third kappa shape index (κ3) is 4.17. The van der Waals surface area contributed by atoms with Crippen molar-refractivity contribution in [3.63, 3.8) is 0 Å². The van der Waals surface area contributed by atoms with E-state index in [1.807, 2.05) is 25.1 Å². The standard InChI is InChI=1S/C20H26N2O2/c1-13(2)18-11-15(14(3)9-19(18)24-4)10-16(12-21)20(23)22-17-7-5-6-8-17/h9-11,13,17H,5-8H2,1-4H3,(H,22,23)/b16-10+. The SMILES string of the molecule is COc1cc(C)c(/C=C(\C#N)C(=O)NC2CCCC2)cc1C(C)C. The number of nitrogens with zero attached hydrogens (tertiary/aromatic N) is 1. The highest BCUT2D eigenvalue weighted by molar-refractivity contribution is 6.02. The fraction of sp³-hybridized carbons (Fsp3) is 0.500. The highest BCUT2D eigenvalue weighted by Gasteiger charge is 2.19. The molecule has 128 valence electrons. The van der Waals surface area contributed by atoms with Gasteiger partial charge in [0.2, 0.25) is 0 Å². The molecule has 0 unspecified atom stereocenters. The molecule has 1 aliphatic carbocycles. The smallest absolute Gasteiger partial charge is 0.262 e. The molecule has 1 aliphatic rings. The molecule has 0 saturated heterocycles. The van der Waals surface area contributed by atoms with E-state index in [-0.39, 0.29) is 17.5 Å². The molecule has 24 heavy (non-hydrogen) atoms. The molecule has 1 aromatic carbocycles. The number of benzene rings is 1. The molecule has 0 aliphatic heterocycles. The molecular formula is C20H26N2O2. The van der Waals surface area contributed by atoms with Crippen LogP contribution < -0.4 is 10.1 Å². The predicted octanol–water partition coefficient (Wildman–Crippen LogP) is 4.09. The Labute approximate surface area is 144 Å². The van der Waals surface area contributed by atoms with Crippen molar-refractivity contribution in [2.75, 3.05) is 7.11 Å². The zero-order chi connectivity index (χ0) is 17.7. The summed E-state index contributed by atoms with van der Waals surface area (Å²) in [6.07, 6.45) is 5.98. The molecule has 4 heteroatoms. The lowest BCUT2D eigenvalue weighted by atomic mass is 9.95. The van der Waals surface area contributed by atoms with Crippen molar-refractivity contribution < 1.29 is 9.53 Å². The van der Waals surface area contributed by atoms with Gasteiger partial charge < -0.3 is 10.1 Å². The second-order valence-electron chi connectivity index (χ2n) is 6.73. The van der Waals surface area contributed by atoms with E-state index < -0.39 is 0 Å². The number of ether oxygens (including phenoxy) is 1. The van der Waals surface area contributed by atoms with Gasteiger partial charge in [-0.3, -0.25) is 4.79 Å². The quantitative estimate of drug-likeness (QED) is 0.655. The first-order valence-corrected chi connectivity index (χ1v) is 8.57. The van der Waals surface area contributed by atoms with Gasteiger partial charge in [-0.2, -0.15) is 5.26 Å². The van der Waals surface area contributed by atoms with Crippen molar-refractivity contribution in [3.8, 4) is 11.8 Å². The molecule has 0 radical (unpaired) electrons. The average Bonchev–Trinajstić information content (AvgIpc) is 3.05. The van der Waals surface area contributed by atoms with Crippen molar-refractivity contribution in [2.24, 2.45) is 0 Å². The maximum absolute atomic E-state index is 12.4. The minimum absolute atomic E-state index is 0.157. The van der Waals surface area contributed by atoms with E-state index in [0.717, 1.165) is 48.1 Å². The molecule has 1 aromatic rings. The van der Waals surface area contributed by atoms with Crippen LogP contribution in [-0.2, 0) is 4.79 Å². The highest BCUT2D eigenvalue weighted by atomic mass is 16.5. The van der Waals surface area contributed by atoms with E-state index >= 15 is 0 Å². The summed E-state index contributed by atoms with van der Waals surface area (Å²) in [5.74, 6) is 0.866. The summed E-state index contributed by atoms with van der Waals surface area (Å²) in [4.78, 5) is 12.4. The first-order valence-electron chi connectivity index (χ1n) is 8.57. The fourth-order valence-electron chi connectivity index (χ4n) is 3.14. The van der Waals surface area contributed by atoms with Gasteiger partial charge in [-0.15, -0.1) is 0 Å². The molecule has 0 spiro atoms. The van der Waals surface area contributed by atoms with Crippen LogP contribution in [0.4, 0.5) is 0 Å². The van der Waals surface area contributed by atoms with Gasteiger partial charge in [0.15, 0.2) is 0 Å². The third-order valence-electron chi connectivity index (χ3n) is 4.60. The number of carbonyl (C=O) groups is 1. The van der Waals surface area contributed by atoms with E-state index in [1.54, 1.807) is 13.2 Å². The van der Waals surface area contributed by atoms with Gasteiger partial charge >= 0.3 is 0 Å². The van der Waals surface area contributed by atoms with Crippen LogP contribution in [0.5, 0.6) is 5.75 Å². The van der Waals surface area contributed by atoms with Crippen molar-refractivity contribution >= 4 is 12.0 Å². The van der Waals surface area contributed by atoms with Crippen LogP contribution in [0.15, 0.2) is 17.7 Å². The Morgan fingerprint density at radius 2 is 2.04 bits per heavy atom.